The SMILES string of the molecule is Cc1ccc(OCCN(CCCCc2ccc3c(n2)NCCC3)CCC(Nc2nc(C)nc3cc(F)ccc23)C(=O)O)cn1. The maximum atomic E-state index is 13.8. The number of anilines is 2. The van der Waals surface area contributed by atoms with Gasteiger partial charge in [-0.15, -0.1) is 0 Å². The summed E-state index contributed by atoms with van der Waals surface area (Å²) in [6.07, 6.45) is 7.05. The molecule has 1 aliphatic heterocycles. The van der Waals surface area contributed by atoms with Gasteiger partial charge in [-0.05, 0) is 94.8 Å². The zero-order valence-corrected chi connectivity index (χ0v) is 25.4. The number of hydrogen-bond acceptors (Lipinski definition) is 9. The van der Waals surface area contributed by atoms with Gasteiger partial charge >= 0.3 is 5.97 Å². The molecule has 3 N–H and O–H groups in total. The number of rotatable bonds is 15. The highest BCUT2D eigenvalue weighted by atomic mass is 19.1. The van der Waals surface area contributed by atoms with Crippen molar-refractivity contribution in [1.82, 2.24) is 24.8 Å². The van der Waals surface area contributed by atoms with E-state index in [-0.39, 0.29) is 0 Å². The topological polar surface area (TPSA) is 125 Å². The van der Waals surface area contributed by atoms with Gasteiger partial charge in [0.15, 0.2) is 0 Å². The normalized spacial score (nSPS) is 13.4. The first-order chi connectivity index (χ1) is 21.3. The van der Waals surface area contributed by atoms with Crippen LogP contribution in [0.25, 0.3) is 10.9 Å². The molecule has 0 fully saturated rings. The fraction of sp³-hybridized carbons (Fsp3) is 0.424. The van der Waals surface area contributed by atoms with Crippen LogP contribution in [-0.4, -0.2) is 74.7 Å². The van der Waals surface area contributed by atoms with Crippen LogP contribution in [0.5, 0.6) is 5.75 Å². The number of fused-ring (bicyclic) bond motifs is 2. The summed E-state index contributed by atoms with van der Waals surface area (Å²) in [4.78, 5) is 32.4. The van der Waals surface area contributed by atoms with Gasteiger partial charge in [0, 0.05) is 42.5 Å². The van der Waals surface area contributed by atoms with E-state index < -0.39 is 17.8 Å². The van der Waals surface area contributed by atoms with Crippen molar-refractivity contribution in [2.24, 2.45) is 0 Å². The van der Waals surface area contributed by atoms with Crippen molar-refractivity contribution in [3.63, 3.8) is 0 Å². The van der Waals surface area contributed by atoms with Gasteiger partial charge < -0.3 is 20.5 Å². The number of halogens is 1. The average Bonchev–Trinajstić information content (AvgIpc) is 3.01. The monoisotopic (exact) mass is 601 g/mol. The number of nitrogens with one attached hydrogen (secondary N) is 2. The van der Waals surface area contributed by atoms with E-state index in [2.05, 4.69) is 42.6 Å². The lowest BCUT2D eigenvalue weighted by Gasteiger charge is -2.25. The second-order valence-electron chi connectivity index (χ2n) is 11.2. The number of aliphatic carboxylic acids is 1. The minimum Gasteiger partial charge on any atom is -0.491 e. The molecule has 1 unspecified atom stereocenters. The van der Waals surface area contributed by atoms with Crippen molar-refractivity contribution in [2.75, 3.05) is 43.4 Å². The zero-order valence-electron chi connectivity index (χ0n) is 25.4. The van der Waals surface area contributed by atoms with Crippen LogP contribution in [0.2, 0.25) is 0 Å². The minimum atomic E-state index is -0.981. The summed E-state index contributed by atoms with van der Waals surface area (Å²) < 4.78 is 19.8. The van der Waals surface area contributed by atoms with Crippen LogP contribution >= 0.6 is 0 Å². The summed E-state index contributed by atoms with van der Waals surface area (Å²) >= 11 is 0. The fourth-order valence-corrected chi connectivity index (χ4v) is 5.38. The third kappa shape index (κ3) is 8.59. The Labute approximate surface area is 257 Å². The lowest BCUT2D eigenvalue weighted by Crippen LogP contribution is -2.37. The first kappa shape index (κ1) is 31.1. The Morgan fingerprint density at radius 2 is 1.98 bits per heavy atom. The lowest BCUT2D eigenvalue weighted by molar-refractivity contribution is -0.138. The summed E-state index contributed by atoms with van der Waals surface area (Å²) in [5, 5.41) is 17.1. The van der Waals surface area contributed by atoms with Crippen molar-refractivity contribution in [1.29, 1.82) is 0 Å². The van der Waals surface area contributed by atoms with Crippen LogP contribution in [0, 0.1) is 19.7 Å². The second kappa shape index (κ2) is 14.9. The number of hydrogen-bond donors (Lipinski definition) is 3. The van der Waals surface area contributed by atoms with E-state index in [1.807, 2.05) is 19.1 Å². The smallest absolute Gasteiger partial charge is 0.326 e. The van der Waals surface area contributed by atoms with Gasteiger partial charge in [0.1, 0.15) is 41.7 Å². The molecule has 232 valence electrons. The molecule has 1 aliphatic rings. The molecule has 3 aromatic heterocycles. The number of aryl methyl sites for hydroxylation is 4. The van der Waals surface area contributed by atoms with E-state index in [0.717, 1.165) is 62.4 Å². The number of benzene rings is 1. The molecule has 1 atom stereocenters. The number of carbonyl (C=O) groups is 1. The predicted molar refractivity (Wildman–Crippen MR) is 169 cm³/mol. The van der Waals surface area contributed by atoms with Crippen molar-refractivity contribution in [2.45, 2.75) is 58.4 Å². The molecule has 0 bridgehead atoms. The first-order valence-corrected chi connectivity index (χ1v) is 15.3. The summed E-state index contributed by atoms with van der Waals surface area (Å²) in [5.74, 6) is 1.15. The molecule has 1 aromatic carbocycles. The van der Waals surface area contributed by atoms with Crippen LogP contribution in [0.15, 0.2) is 48.7 Å². The molecule has 10 nitrogen and oxygen atoms in total. The minimum absolute atomic E-state index is 0.338. The number of aromatic nitrogens is 4. The Bertz CT molecular complexity index is 1560. The number of pyridine rings is 2. The Morgan fingerprint density at radius 1 is 1.09 bits per heavy atom. The predicted octanol–water partition coefficient (Wildman–Crippen LogP) is 5.19. The molecule has 44 heavy (non-hydrogen) atoms. The molecule has 0 amide bonds. The number of carboxylic acids is 1. The van der Waals surface area contributed by atoms with E-state index in [1.165, 1.54) is 17.7 Å². The van der Waals surface area contributed by atoms with E-state index in [4.69, 9.17) is 9.72 Å². The molecule has 0 saturated carbocycles. The van der Waals surface area contributed by atoms with Gasteiger partial charge in [0.25, 0.3) is 0 Å². The van der Waals surface area contributed by atoms with Crippen molar-refractivity contribution < 1.29 is 19.0 Å². The summed E-state index contributed by atoms with van der Waals surface area (Å²) in [6.45, 7) is 7.02. The molecule has 0 aliphatic carbocycles. The molecular weight excluding hydrogens is 561 g/mol. The average molecular weight is 602 g/mol. The molecule has 0 saturated heterocycles. The van der Waals surface area contributed by atoms with E-state index >= 15 is 0 Å². The highest BCUT2D eigenvalue weighted by Crippen LogP contribution is 2.23. The van der Waals surface area contributed by atoms with Crippen LogP contribution in [-0.2, 0) is 17.6 Å². The van der Waals surface area contributed by atoms with Crippen LogP contribution < -0.4 is 15.4 Å². The molecular formula is C33H40FN7O3. The highest BCUT2D eigenvalue weighted by molar-refractivity contribution is 5.91. The third-order valence-electron chi connectivity index (χ3n) is 7.78. The summed E-state index contributed by atoms with van der Waals surface area (Å²) in [6, 6.07) is 11.5. The Morgan fingerprint density at radius 3 is 2.80 bits per heavy atom. The van der Waals surface area contributed by atoms with Gasteiger partial charge in [-0.3, -0.25) is 9.88 Å². The van der Waals surface area contributed by atoms with Crippen molar-refractivity contribution in [3.05, 3.63) is 77.3 Å². The lowest BCUT2D eigenvalue weighted by atomic mass is 10.1. The van der Waals surface area contributed by atoms with Gasteiger partial charge in [-0.25, -0.2) is 24.1 Å². The van der Waals surface area contributed by atoms with Crippen LogP contribution in [0.3, 0.4) is 0 Å². The maximum absolute atomic E-state index is 13.8. The molecule has 4 heterocycles. The maximum Gasteiger partial charge on any atom is 0.326 e. The van der Waals surface area contributed by atoms with Gasteiger partial charge in [-0.1, -0.05) is 6.07 Å². The van der Waals surface area contributed by atoms with Crippen molar-refractivity contribution in [3.8, 4) is 5.75 Å². The molecule has 0 radical (unpaired) electrons. The third-order valence-corrected chi connectivity index (χ3v) is 7.78. The molecule has 11 heteroatoms. The highest BCUT2D eigenvalue weighted by Gasteiger charge is 2.21. The van der Waals surface area contributed by atoms with E-state index in [1.54, 1.807) is 19.2 Å². The Kier molecular flexibility index (Phi) is 10.5. The standard InChI is InChI=1S/C33H40FN7O3/c1-22-8-12-27(21-36-22)44-19-18-41(16-4-3-7-26-11-9-24-6-5-15-35-31(24)39-26)17-14-29(33(42)43)40-32-28-13-10-25(34)20-30(28)37-23(2)38-32/h8-13,20-21,29H,3-7,14-19H2,1-2H3,(H,35,39)(H,42,43)(H,37,38,40). The number of ether oxygens (including phenoxy) is 1. The van der Waals surface area contributed by atoms with E-state index in [0.29, 0.717) is 54.4 Å². The summed E-state index contributed by atoms with van der Waals surface area (Å²) in [5.41, 5.74) is 3.72. The number of nitrogens with zero attached hydrogens (tertiary/aromatic N) is 5. The fourth-order valence-electron chi connectivity index (χ4n) is 5.38. The van der Waals surface area contributed by atoms with Crippen LogP contribution in [0.4, 0.5) is 16.0 Å². The zero-order chi connectivity index (χ0) is 30.9. The molecule has 5 rings (SSSR count). The van der Waals surface area contributed by atoms with Crippen LogP contribution in [0.1, 0.15) is 48.5 Å². The largest absolute Gasteiger partial charge is 0.491 e. The summed E-state index contributed by atoms with van der Waals surface area (Å²) in [7, 11) is 0. The Hall–Kier alpha value is -4.38. The second-order valence-corrected chi connectivity index (χ2v) is 11.2. The van der Waals surface area contributed by atoms with E-state index in [9.17, 15) is 14.3 Å². The molecule has 4 aromatic rings. The number of carboxylic acid groups (broad SMARTS) is 1. The first-order valence-electron chi connectivity index (χ1n) is 15.3. The van der Waals surface area contributed by atoms with Crippen molar-refractivity contribution >= 4 is 28.5 Å². The van der Waals surface area contributed by atoms with Gasteiger partial charge in [0.2, 0.25) is 0 Å². The Balaban J connectivity index is 1.20. The number of unbranched alkanes of at least 4 members (excludes halogenated alkanes) is 1. The molecule has 0 spiro atoms. The quantitative estimate of drug-likeness (QED) is 0.157. The van der Waals surface area contributed by atoms with Gasteiger partial charge in [-0.2, -0.15) is 0 Å². The van der Waals surface area contributed by atoms with Gasteiger partial charge in [0.05, 0.1) is 11.7 Å².